The smallest absolute Gasteiger partial charge is 0.127 e. The summed E-state index contributed by atoms with van der Waals surface area (Å²) in [6, 6.07) is 18.9. The highest BCUT2D eigenvalue weighted by Gasteiger charge is 2.13. The van der Waals surface area contributed by atoms with Gasteiger partial charge in [0.05, 0.1) is 0 Å². The molecule has 0 aliphatic heterocycles. The second-order valence-electron chi connectivity index (χ2n) is 5.31. The maximum atomic E-state index is 6.04. The number of hydrogen-bond donors (Lipinski definition) is 1. The highest BCUT2D eigenvalue weighted by molar-refractivity contribution is 5.70. The van der Waals surface area contributed by atoms with Gasteiger partial charge in [-0.2, -0.15) is 0 Å². The first-order chi connectivity index (χ1) is 9.72. The molecule has 0 heterocycles. The molecule has 1 atom stereocenters. The van der Waals surface area contributed by atoms with Crippen molar-refractivity contribution in [3.8, 4) is 16.9 Å². The van der Waals surface area contributed by atoms with Crippen LogP contribution in [0.25, 0.3) is 11.1 Å². The van der Waals surface area contributed by atoms with Gasteiger partial charge in [0.25, 0.3) is 0 Å². The Hall–Kier alpha value is -1.80. The summed E-state index contributed by atoms with van der Waals surface area (Å²) >= 11 is 0. The van der Waals surface area contributed by atoms with Crippen molar-refractivity contribution in [3.05, 3.63) is 54.6 Å². The molecule has 2 aromatic rings. The lowest BCUT2D eigenvalue weighted by Gasteiger charge is -2.21. The first kappa shape index (κ1) is 14.6. The molecule has 1 unspecified atom stereocenters. The Balaban J connectivity index is 2.17. The SMILES string of the molecule is CNC(COc1ccccc1-c1ccccc1)C(C)C. The molecule has 0 bridgehead atoms. The second kappa shape index (κ2) is 7.11. The molecule has 20 heavy (non-hydrogen) atoms. The number of para-hydroxylation sites is 1. The van der Waals surface area contributed by atoms with Crippen LogP contribution in [0.5, 0.6) is 5.75 Å². The maximum Gasteiger partial charge on any atom is 0.127 e. The molecular formula is C18H23NO. The highest BCUT2D eigenvalue weighted by atomic mass is 16.5. The average molecular weight is 269 g/mol. The van der Waals surface area contributed by atoms with Crippen molar-refractivity contribution in [2.24, 2.45) is 5.92 Å². The van der Waals surface area contributed by atoms with Crippen molar-refractivity contribution >= 4 is 0 Å². The lowest BCUT2D eigenvalue weighted by Crippen LogP contribution is -2.36. The number of ether oxygens (including phenoxy) is 1. The van der Waals surface area contributed by atoms with Crippen molar-refractivity contribution in [2.75, 3.05) is 13.7 Å². The molecule has 2 heteroatoms. The molecule has 0 saturated heterocycles. The van der Waals surface area contributed by atoms with E-state index >= 15 is 0 Å². The molecule has 2 aromatic carbocycles. The Labute approximate surface area is 121 Å². The van der Waals surface area contributed by atoms with Gasteiger partial charge < -0.3 is 10.1 Å². The Morgan fingerprint density at radius 1 is 0.950 bits per heavy atom. The van der Waals surface area contributed by atoms with Gasteiger partial charge in [-0.05, 0) is 24.6 Å². The minimum Gasteiger partial charge on any atom is -0.491 e. The summed E-state index contributed by atoms with van der Waals surface area (Å²) in [5.41, 5.74) is 2.33. The fourth-order valence-corrected chi connectivity index (χ4v) is 2.24. The first-order valence-electron chi connectivity index (χ1n) is 7.17. The molecule has 0 aromatic heterocycles. The Bertz CT molecular complexity index is 522. The minimum absolute atomic E-state index is 0.360. The van der Waals surface area contributed by atoms with Crippen molar-refractivity contribution in [2.45, 2.75) is 19.9 Å². The van der Waals surface area contributed by atoms with E-state index in [2.05, 4.69) is 49.5 Å². The van der Waals surface area contributed by atoms with Gasteiger partial charge in [-0.25, -0.2) is 0 Å². The van der Waals surface area contributed by atoms with Crippen LogP contribution in [0.1, 0.15) is 13.8 Å². The van der Waals surface area contributed by atoms with Crippen LogP contribution in [0.15, 0.2) is 54.6 Å². The van der Waals surface area contributed by atoms with Crippen LogP contribution >= 0.6 is 0 Å². The molecule has 0 saturated carbocycles. The Morgan fingerprint density at radius 2 is 1.60 bits per heavy atom. The molecule has 0 aliphatic carbocycles. The lowest BCUT2D eigenvalue weighted by atomic mass is 10.0. The summed E-state index contributed by atoms with van der Waals surface area (Å²) in [5.74, 6) is 1.49. The highest BCUT2D eigenvalue weighted by Crippen LogP contribution is 2.29. The summed E-state index contributed by atoms with van der Waals surface area (Å²) in [5, 5.41) is 3.31. The van der Waals surface area contributed by atoms with E-state index in [1.54, 1.807) is 0 Å². The number of benzene rings is 2. The van der Waals surface area contributed by atoms with E-state index in [1.807, 2.05) is 31.3 Å². The number of nitrogens with one attached hydrogen (secondary N) is 1. The van der Waals surface area contributed by atoms with Crippen LogP contribution in [0.3, 0.4) is 0 Å². The number of rotatable bonds is 6. The summed E-state index contributed by atoms with van der Waals surface area (Å²) < 4.78 is 6.04. The van der Waals surface area contributed by atoms with Gasteiger partial charge in [-0.3, -0.25) is 0 Å². The zero-order valence-corrected chi connectivity index (χ0v) is 12.5. The third-order valence-corrected chi connectivity index (χ3v) is 3.57. The van der Waals surface area contributed by atoms with Crippen LogP contribution in [0, 0.1) is 5.92 Å². The minimum atomic E-state index is 0.360. The lowest BCUT2D eigenvalue weighted by molar-refractivity contribution is 0.239. The Kier molecular flexibility index (Phi) is 5.19. The standard InChI is InChI=1S/C18H23NO/c1-14(2)17(19-3)13-20-18-12-8-7-11-16(18)15-9-5-4-6-10-15/h4-12,14,17,19H,13H2,1-3H3. The summed E-state index contributed by atoms with van der Waals surface area (Å²) in [6.07, 6.45) is 0. The normalized spacial score (nSPS) is 12.4. The molecule has 0 spiro atoms. The van der Waals surface area contributed by atoms with E-state index in [0.717, 1.165) is 11.3 Å². The zero-order chi connectivity index (χ0) is 14.4. The largest absolute Gasteiger partial charge is 0.491 e. The van der Waals surface area contributed by atoms with Gasteiger partial charge in [-0.1, -0.05) is 62.4 Å². The van der Waals surface area contributed by atoms with E-state index in [9.17, 15) is 0 Å². The van der Waals surface area contributed by atoms with Gasteiger partial charge in [0.15, 0.2) is 0 Å². The van der Waals surface area contributed by atoms with Gasteiger partial charge in [0.1, 0.15) is 12.4 Å². The van der Waals surface area contributed by atoms with Gasteiger partial charge >= 0.3 is 0 Å². The van der Waals surface area contributed by atoms with Crippen molar-refractivity contribution in [3.63, 3.8) is 0 Å². The van der Waals surface area contributed by atoms with E-state index in [-0.39, 0.29) is 0 Å². The quantitative estimate of drug-likeness (QED) is 0.856. The van der Waals surface area contributed by atoms with Crippen LogP contribution in [-0.4, -0.2) is 19.7 Å². The van der Waals surface area contributed by atoms with Gasteiger partial charge in [0, 0.05) is 11.6 Å². The van der Waals surface area contributed by atoms with E-state index in [1.165, 1.54) is 5.56 Å². The maximum absolute atomic E-state index is 6.04. The summed E-state index contributed by atoms with van der Waals surface area (Å²) in [7, 11) is 1.98. The van der Waals surface area contributed by atoms with E-state index in [0.29, 0.717) is 18.6 Å². The molecule has 1 N–H and O–H groups in total. The number of hydrogen-bond acceptors (Lipinski definition) is 2. The van der Waals surface area contributed by atoms with Crippen molar-refractivity contribution < 1.29 is 4.74 Å². The average Bonchev–Trinajstić information content (AvgIpc) is 2.49. The summed E-state index contributed by atoms with van der Waals surface area (Å²) in [6.45, 7) is 5.08. The van der Waals surface area contributed by atoms with E-state index in [4.69, 9.17) is 4.74 Å². The first-order valence-corrected chi connectivity index (χ1v) is 7.17. The molecule has 0 aliphatic rings. The van der Waals surface area contributed by atoms with E-state index < -0.39 is 0 Å². The second-order valence-corrected chi connectivity index (χ2v) is 5.31. The monoisotopic (exact) mass is 269 g/mol. The molecule has 106 valence electrons. The predicted octanol–water partition coefficient (Wildman–Crippen LogP) is 3.98. The summed E-state index contributed by atoms with van der Waals surface area (Å²) in [4.78, 5) is 0. The predicted molar refractivity (Wildman–Crippen MR) is 85.1 cm³/mol. The number of likely N-dealkylation sites (N-methyl/N-ethyl adjacent to an activating group) is 1. The van der Waals surface area contributed by atoms with Gasteiger partial charge in [-0.15, -0.1) is 0 Å². The molecule has 2 rings (SSSR count). The van der Waals surface area contributed by atoms with Crippen LogP contribution in [0.2, 0.25) is 0 Å². The molecule has 2 nitrogen and oxygen atoms in total. The fraction of sp³-hybridized carbons (Fsp3) is 0.333. The van der Waals surface area contributed by atoms with Crippen LogP contribution < -0.4 is 10.1 Å². The topological polar surface area (TPSA) is 21.3 Å². The third-order valence-electron chi connectivity index (χ3n) is 3.57. The Morgan fingerprint density at radius 3 is 2.25 bits per heavy atom. The van der Waals surface area contributed by atoms with Crippen LogP contribution in [-0.2, 0) is 0 Å². The fourth-order valence-electron chi connectivity index (χ4n) is 2.24. The molecule has 0 amide bonds. The molecule has 0 radical (unpaired) electrons. The molecular weight excluding hydrogens is 246 g/mol. The van der Waals surface area contributed by atoms with Gasteiger partial charge in [0.2, 0.25) is 0 Å². The van der Waals surface area contributed by atoms with Crippen LogP contribution in [0.4, 0.5) is 0 Å². The van der Waals surface area contributed by atoms with Crippen molar-refractivity contribution in [1.29, 1.82) is 0 Å². The third kappa shape index (κ3) is 3.61. The zero-order valence-electron chi connectivity index (χ0n) is 12.5. The van der Waals surface area contributed by atoms with Crippen molar-refractivity contribution in [1.82, 2.24) is 5.32 Å². The molecule has 0 fully saturated rings.